The minimum absolute atomic E-state index is 0.0833. The Morgan fingerprint density at radius 3 is 1.50 bits per heavy atom. The van der Waals surface area contributed by atoms with E-state index in [-0.39, 0.29) is 5.75 Å². The zero-order chi connectivity index (χ0) is 29.0. The molecule has 1 atom stereocenters. The monoisotopic (exact) mass is 546 g/mol. The van der Waals surface area contributed by atoms with Crippen molar-refractivity contribution in [3.8, 4) is 0 Å². The van der Waals surface area contributed by atoms with Crippen LogP contribution in [0.4, 0.5) is 0 Å². The lowest BCUT2D eigenvalue weighted by molar-refractivity contribution is 0.257. The van der Waals surface area contributed by atoms with E-state index in [0.29, 0.717) is 12.8 Å². The number of rotatable bonds is 20. The van der Waals surface area contributed by atoms with Gasteiger partial charge in [-0.1, -0.05) is 83.2 Å². The maximum absolute atomic E-state index is 12.6. The van der Waals surface area contributed by atoms with Crippen LogP contribution < -0.4 is 0 Å². The second kappa shape index (κ2) is 21.2. The Balaban J connectivity index is 5.14. The summed E-state index contributed by atoms with van der Waals surface area (Å²) in [6.45, 7) is 19.2. The minimum Gasteiger partial charge on any atom is -0.262 e. The van der Waals surface area contributed by atoms with E-state index in [1.807, 2.05) is 13.0 Å². The molecule has 1 unspecified atom stereocenters. The zero-order valence-corrected chi connectivity index (χ0v) is 27.0. The van der Waals surface area contributed by atoms with Crippen molar-refractivity contribution in [1.29, 1.82) is 0 Å². The molecule has 0 aromatic heterocycles. The van der Waals surface area contributed by atoms with Gasteiger partial charge in [-0.05, 0) is 120 Å². The van der Waals surface area contributed by atoms with Gasteiger partial charge in [0.2, 0.25) is 0 Å². The summed E-state index contributed by atoms with van der Waals surface area (Å²) in [6, 6.07) is 0. The highest BCUT2D eigenvalue weighted by molar-refractivity contribution is 7.86. The van der Waals surface area contributed by atoms with Crippen molar-refractivity contribution in [2.45, 2.75) is 139 Å². The Morgan fingerprint density at radius 2 is 1.05 bits per heavy atom. The Labute approximate surface area is 237 Å². The molecule has 0 saturated carbocycles. The SMILES string of the molecule is CCCCS(=O)(=O)OC(C=C(C)CCC=C(C)CCC=C(C)C)CC=C(C)CCC=C(C)CCC=C(C)C. The highest BCUT2D eigenvalue weighted by Gasteiger charge is 2.17. The van der Waals surface area contributed by atoms with Gasteiger partial charge in [-0.2, -0.15) is 8.42 Å². The van der Waals surface area contributed by atoms with Crippen LogP contribution in [-0.4, -0.2) is 20.3 Å². The molecule has 0 spiro atoms. The van der Waals surface area contributed by atoms with Gasteiger partial charge in [0, 0.05) is 0 Å². The number of hydrogen-bond donors (Lipinski definition) is 0. The smallest absolute Gasteiger partial charge is 0.262 e. The molecule has 4 heteroatoms. The van der Waals surface area contributed by atoms with Crippen molar-refractivity contribution in [3.63, 3.8) is 0 Å². The molecular weight excluding hydrogens is 488 g/mol. The third-order valence-corrected chi connectivity index (χ3v) is 7.76. The van der Waals surface area contributed by atoms with Crippen molar-refractivity contribution in [3.05, 3.63) is 69.9 Å². The molecule has 0 aromatic rings. The molecule has 3 nitrogen and oxygen atoms in total. The third-order valence-electron chi connectivity index (χ3n) is 6.43. The van der Waals surface area contributed by atoms with E-state index >= 15 is 0 Å². The summed E-state index contributed by atoms with van der Waals surface area (Å²) >= 11 is 0. The normalized spacial score (nSPS) is 14.4. The van der Waals surface area contributed by atoms with E-state index in [9.17, 15) is 8.42 Å². The lowest BCUT2D eigenvalue weighted by atomic mass is 10.0. The first-order valence-corrected chi connectivity index (χ1v) is 16.2. The quantitative estimate of drug-likeness (QED) is 0.113. The fourth-order valence-electron chi connectivity index (χ4n) is 3.99. The van der Waals surface area contributed by atoms with E-state index in [4.69, 9.17) is 4.18 Å². The topological polar surface area (TPSA) is 43.4 Å². The average molecular weight is 547 g/mol. The Morgan fingerprint density at radius 1 is 0.632 bits per heavy atom. The number of unbranched alkanes of at least 4 members (excludes halogenated alkanes) is 1. The highest BCUT2D eigenvalue weighted by Crippen LogP contribution is 2.18. The zero-order valence-electron chi connectivity index (χ0n) is 26.2. The second-order valence-corrected chi connectivity index (χ2v) is 13.1. The molecule has 0 aliphatic rings. The van der Waals surface area contributed by atoms with Crippen LogP contribution in [0, 0.1) is 0 Å². The molecule has 38 heavy (non-hydrogen) atoms. The van der Waals surface area contributed by atoms with Gasteiger partial charge in [-0.3, -0.25) is 4.18 Å². The maximum atomic E-state index is 12.6. The van der Waals surface area contributed by atoms with Gasteiger partial charge >= 0.3 is 0 Å². The summed E-state index contributed by atoms with van der Waals surface area (Å²) in [5.74, 6) is 0.0833. The van der Waals surface area contributed by atoms with E-state index in [0.717, 1.165) is 57.8 Å². The van der Waals surface area contributed by atoms with Gasteiger partial charge in [0.05, 0.1) is 11.9 Å². The van der Waals surface area contributed by atoms with Crippen LogP contribution >= 0.6 is 0 Å². The molecule has 0 bridgehead atoms. The summed E-state index contributed by atoms with van der Waals surface area (Å²) in [6.07, 6.45) is 23.2. The first kappa shape index (κ1) is 36.4. The fourth-order valence-corrected chi connectivity index (χ4v) is 5.24. The van der Waals surface area contributed by atoms with Gasteiger partial charge in [0.25, 0.3) is 10.1 Å². The van der Waals surface area contributed by atoms with Crippen molar-refractivity contribution < 1.29 is 12.6 Å². The van der Waals surface area contributed by atoms with Gasteiger partial charge in [-0.15, -0.1) is 0 Å². The molecule has 0 aromatic carbocycles. The van der Waals surface area contributed by atoms with Crippen LogP contribution in [-0.2, 0) is 14.3 Å². The van der Waals surface area contributed by atoms with Crippen LogP contribution in [0.1, 0.15) is 133 Å². The molecule has 0 fully saturated rings. The lowest BCUT2D eigenvalue weighted by Gasteiger charge is -2.15. The largest absolute Gasteiger partial charge is 0.267 e. The summed E-state index contributed by atoms with van der Waals surface area (Å²) in [7, 11) is -3.54. The maximum Gasteiger partial charge on any atom is 0.267 e. The molecular formula is C34H58O3S. The number of allylic oxidation sites excluding steroid dienone is 10. The van der Waals surface area contributed by atoms with Crippen molar-refractivity contribution >= 4 is 10.1 Å². The van der Waals surface area contributed by atoms with Gasteiger partial charge in [-0.25, -0.2) is 0 Å². The minimum atomic E-state index is -3.54. The molecule has 0 aliphatic carbocycles. The van der Waals surface area contributed by atoms with E-state index in [1.165, 1.54) is 33.4 Å². The van der Waals surface area contributed by atoms with Crippen molar-refractivity contribution in [2.75, 3.05) is 5.75 Å². The molecule has 0 aliphatic heterocycles. The molecule has 218 valence electrons. The molecule has 0 radical (unpaired) electrons. The molecule has 0 saturated heterocycles. The summed E-state index contributed by atoms with van der Waals surface area (Å²) < 4.78 is 30.8. The van der Waals surface area contributed by atoms with Crippen LogP contribution in [0.3, 0.4) is 0 Å². The fraction of sp³-hybridized carbons (Fsp3) is 0.647. The van der Waals surface area contributed by atoms with Crippen LogP contribution in [0.15, 0.2) is 69.9 Å². The van der Waals surface area contributed by atoms with Crippen LogP contribution in [0.2, 0.25) is 0 Å². The number of hydrogen-bond acceptors (Lipinski definition) is 3. The molecule has 0 heterocycles. The molecule has 0 amide bonds. The Hall–Kier alpha value is -1.65. The van der Waals surface area contributed by atoms with E-state index in [2.05, 4.69) is 85.8 Å². The van der Waals surface area contributed by atoms with Gasteiger partial charge < -0.3 is 0 Å². The first-order valence-electron chi connectivity index (χ1n) is 14.7. The second-order valence-electron chi connectivity index (χ2n) is 11.4. The van der Waals surface area contributed by atoms with Crippen LogP contribution in [0.25, 0.3) is 0 Å². The van der Waals surface area contributed by atoms with E-state index < -0.39 is 16.2 Å². The lowest BCUT2D eigenvalue weighted by Crippen LogP contribution is -2.19. The third kappa shape index (κ3) is 22.3. The predicted octanol–water partition coefficient (Wildman–Crippen LogP) is 10.7. The first-order chi connectivity index (χ1) is 17.8. The predicted molar refractivity (Wildman–Crippen MR) is 169 cm³/mol. The van der Waals surface area contributed by atoms with Crippen molar-refractivity contribution in [1.82, 2.24) is 0 Å². The molecule has 0 rings (SSSR count). The summed E-state index contributed by atoms with van der Waals surface area (Å²) in [5.41, 5.74) is 8.02. The molecule has 0 N–H and O–H groups in total. The Kier molecular flexibility index (Phi) is 20.3. The van der Waals surface area contributed by atoms with E-state index in [1.54, 1.807) is 0 Å². The summed E-state index contributed by atoms with van der Waals surface area (Å²) in [5, 5.41) is 0. The highest BCUT2D eigenvalue weighted by atomic mass is 32.2. The standard InChI is InChI=1S/C34H58O3S/c1-10-11-26-38(35,36)37-34(27-33(9)23-15-21-31(7)19-13-17-29(4)5)25-24-32(8)22-14-20-30(6)18-12-16-28(2)3/h16-17,20-21,24,27,34H,10-15,18-19,22-23,25-26H2,1-9H3. The van der Waals surface area contributed by atoms with Crippen LogP contribution in [0.5, 0.6) is 0 Å². The van der Waals surface area contributed by atoms with Gasteiger partial charge in [0.15, 0.2) is 0 Å². The van der Waals surface area contributed by atoms with Crippen molar-refractivity contribution in [2.24, 2.45) is 0 Å². The average Bonchev–Trinajstić information content (AvgIpc) is 2.80. The summed E-state index contributed by atoms with van der Waals surface area (Å²) in [4.78, 5) is 0. The Bertz CT molecular complexity index is 948. The van der Waals surface area contributed by atoms with Gasteiger partial charge in [0.1, 0.15) is 0 Å².